The maximum absolute atomic E-state index is 4.58. The molecule has 5 nitrogen and oxygen atoms in total. The molecular formula is C15H17N5S2. The van der Waals surface area contributed by atoms with Crippen molar-refractivity contribution in [1.29, 1.82) is 0 Å². The molecule has 0 fully saturated rings. The van der Waals surface area contributed by atoms with Crippen LogP contribution in [0.1, 0.15) is 37.3 Å². The molecule has 0 aliphatic heterocycles. The molecule has 3 heterocycles. The third kappa shape index (κ3) is 3.72. The summed E-state index contributed by atoms with van der Waals surface area (Å²) in [5, 5.41) is 10.9. The van der Waals surface area contributed by atoms with Gasteiger partial charge in [0.05, 0.1) is 0 Å². The molecule has 7 heteroatoms. The van der Waals surface area contributed by atoms with Crippen molar-refractivity contribution < 1.29 is 0 Å². The van der Waals surface area contributed by atoms with Crippen molar-refractivity contribution in [3.8, 4) is 0 Å². The molecule has 3 aromatic rings. The van der Waals surface area contributed by atoms with Gasteiger partial charge >= 0.3 is 0 Å². The van der Waals surface area contributed by atoms with Gasteiger partial charge in [-0.15, -0.1) is 16.4 Å². The second kappa shape index (κ2) is 6.18. The summed E-state index contributed by atoms with van der Waals surface area (Å²) in [4.78, 5) is 14.7. The number of aromatic nitrogens is 5. The average molecular weight is 331 g/mol. The quantitative estimate of drug-likeness (QED) is 0.738. The van der Waals surface area contributed by atoms with Crippen LogP contribution in [-0.4, -0.2) is 25.1 Å². The van der Waals surface area contributed by atoms with Crippen molar-refractivity contribution in [2.75, 3.05) is 0 Å². The first-order chi connectivity index (χ1) is 10.5. The Morgan fingerprint density at radius 2 is 2.09 bits per heavy atom. The van der Waals surface area contributed by atoms with E-state index in [4.69, 9.17) is 0 Å². The van der Waals surface area contributed by atoms with E-state index in [-0.39, 0.29) is 5.41 Å². The zero-order chi connectivity index (χ0) is 15.6. The van der Waals surface area contributed by atoms with Gasteiger partial charge < -0.3 is 0 Å². The minimum absolute atomic E-state index is 0.0695. The lowest BCUT2D eigenvalue weighted by Gasteiger charge is -2.16. The van der Waals surface area contributed by atoms with Gasteiger partial charge in [0, 0.05) is 22.9 Å². The molecule has 0 radical (unpaired) electrons. The molecule has 114 valence electrons. The number of thiophene rings is 1. The highest BCUT2D eigenvalue weighted by Gasteiger charge is 2.18. The van der Waals surface area contributed by atoms with E-state index in [1.165, 1.54) is 16.6 Å². The first-order valence-electron chi connectivity index (χ1n) is 6.96. The predicted molar refractivity (Wildman–Crippen MR) is 88.4 cm³/mol. The summed E-state index contributed by atoms with van der Waals surface area (Å²) in [5.41, 5.74) is -0.0695. The molecule has 1 N–H and O–H groups in total. The Bertz CT molecular complexity index is 743. The van der Waals surface area contributed by atoms with Gasteiger partial charge in [0.2, 0.25) is 5.16 Å². The van der Waals surface area contributed by atoms with Crippen LogP contribution in [-0.2, 0) is 11.8 Å². The number of nitrogens with zero attached hydrogens (tertiary/aromatic N) is 4. The highest BCUT2D eigenvalue weighted by atomic mass is 32.2. The Kier molecular flexibility index (Phi) is 4.26. The van der Waals surface area contributed by atoms with Gasteiger partial charge in [-0.2, -0.15) is 0 Å². The maximum Gasteiger partial charge on any atom is 0.214 e. The topological polar surface area (TPSA) is 67.3 Å². The second-order valence-corrected chi connectivity index (χ2v) is 7.91. The van der Waals surface area contributed by atoms with E-state index in [0.29, 0.717) is 5.16 Å². The van der Waals surface area contributed by atoms with Gasteiger partial charge in [0.25, 0.3) is 0 Å². The van der Waals surface area contributed by atoms with E-state index in [1.807, 2.05) is 12.1 Å². The lowest BCUT2D eigenvalue weighted by molar-refractivity contribution is 0.538. The number of H-pyrrole nitrogens is 1. The molecule has 0 bridgehead atoms. The van der Waals surface area contributed by atoms with Crippen molar-refractivity contribution in [3.05, 3.63) is 46.3 Å². The van der Waals surface area contributed by atoms with Crippen LogP contribution in [0.3, 0.4) is 0 Å². The molecule has 0 aliphatic rings. The van der Waals surface area contributed by atoms with Crippen LogP contribution in [0.15, 0.2) is 40.0 Å². The van der Waals surface area contributed by atoms with Gasteiger partial charge in [-0.25, -0.2) is 15.0 Å². The van der Waals surface area contributed by atoms with E-state index in [9.17, 15) is 0 Å². The number of rotatable bonds is 4. The fraction of sp³-hybridized carbons (Fsp3) is 0.333. The van der Waals surface area contributed by atoms with Gasteiger partial charge in [-0.3, -0.25) is 5.10 Å². The van der Waals surface area contributed by atoms with E-state index >= 15 is 0 Å². The van der Waals surface area contributed by atoms with E-state index < -0.39 is 0 Å². The van der Waals surface area contributed by atoms with Crippen LogP contribution in [0, 0.1) is 0 Å². The third-order valence-electron chi connectivity index (χ3n) is 2.93. The normalized spacial score (nSPS) is 11.8. The Balaban J connectivity index is 1.72. The molecule has 0 atom stereocenters. The highest BCUT2D eigenvalue weighted by Crippen LogP contribution is 2.25. The van der Waals surface area contributed by atoms with Gasteiger partial charge in [-0.1, -0.05) is 26.8 Å². The Morgan fingerprint density at radius 1 is 1.23 bits per heavy atom. The van der Waals surface area contributed by atoms with Gasteiger partial charge in [0.15, 0.2) is 0 Å². The monoisotopic (exact) mass is 331 g/mol. The zero-order valence-electron chi connectivity index (χ0n) is 12.7. The molecule has 0 spiro atoms. The molecule has 22 heavy (non-hydrogen) atoms. The van der Waals surface area contributed by atoms with Crippen LogP contribution in [0.2, 0.25) is 0 Å². The van der Waals surface area contributed by atoms with Crippen LogP contribution in [0.4, 0.5) is 0 Å². The SMILES string of the molecule is CC(C)(C)c1nccc(Sc2n[nH]c(Cc3cccs3)n2)n1. The van der Waals surface area contributed by atoms with Crippen molar-refractivity contribution >= 4 is 23.1 Å². The molecule has 0 unspecified atom stereocenters. The van der Waals surface area contributed by atoms with Crippen molar-refractivity contribution in [2.45, 2.75) is 42.8 Å². The summed E-state index contributed by atoms with van der Waals surface area (Å²) in [7, 11) is 0. The fourth-order valence-corrected chi connectivity index (χ4v) is 3.24. The standard InChI is InChI=1S/C15H17N5S2/c1-15(2,3)13-16-7-6-12(18-13)22-14-17-11(19-20-14)9-10-5-4-8-21-10/h4-8H,9H2,1-3H3,(H,17,19,20). The first kappa shape index (κ1) is 15.2. The number of hydrogen-bond donors (Lipinski definition) is 1. The first-order valence-corrected chi connectivity index (χ1v) is 8.65. The molecule has 0 amide bonds. The van der Waals surface area contributed by atoms with Crippen molar-refractivity contribution in [3.63, 3.8) is 0 Å². The van der Waals surface area contributed by atoms with E-state index in [2.05, 4.69) is 57.4 Å². The van der Waals surface area contributed by atoms with E-state index in [1.54, 1.807) is 17.5 Å². The zero-order valence-corrected chi connectivity index (χ0v) is 14.3. The van der Waals surface area contributed by atoms with E-state index in [0.717, 1.165) is 23.1 Å². The number of aromatic amines is 1. The lowest BCUT2D eigenvalue weighted by Crippen LogP contribution is -2.15. The Morgan fingerprint density at radius 3 is 2.82 bits per heavy atom. The smallest absolute Gasteiger partial charge is 0.214 e. The van der Waals surface area contributed by atoms with Crippen LogP contribution < -0.4 is 0 Å². The molecule has 0 saturated carbocycles. The summed E-state index contributed by atoms with van der Waals surface area (Å²) < 4.78 is 0. The summed E-state index contributed by atoms with van der Waals surface area (Å²) in [6.45, 7) is 6.30. The average Bonchev–Trinajstić information content (AvgIpc) is 3.11. The Labute approximate surface area is 137 Å². The molecular weight excluding hydrogens is 314 g/mol. The lowest BCUT2D eigenvalue weighted by atomic mass is 9.96. The highest BCUT2D eigenvalue weighted by molar-refractivity contribution is 7.99. The summed E-state index contributed by atoms with van der Waals surface area (Å²) in [5.74, 6) is 1.70. The summed E-state index contributed by atoms with van der Waals surface area (Å²) >= 11 is 3.17. The van der Waals surface area contributed by atoms with Gasteiger partial charge in [0.1, 0.15) is 16.7 Å². The van der Waals surface area contributed by atoms with Gasteiger partial charge in [-0.05, 0) is 29.3 Å². The molecule has 0 aliphatic carbocycles. The molecule has 0 aromatic carbocycles. The summed E-state index contributed by atoms with van der Waals surface area (Å²) in [6, 6.07) is 6.02. The summed E-state index contributed by atoms with van der Waals surface area (Å²) in [6.07, 6.45) is 2.57. The number of hydrogen-bond acceptors (Lipinski definition) is 6. The third-order valence-corrected chi connectivity index (χ3v) is 4.61. The minimum atomic E-state index is -0.0695. The molecule has 3 rings (SSSR count). The molecule has 3 aromatic heterocycles. The van der Waals surface area contributed by atoms with Crippen molar-refractivity contribution in [1.82, 2.24) is 25.1 Å². The largest absolute Gasteiger partial charge is 0.262 e. The van der Waals surface area contributed by atoms with Crippen molar-refractivity contribution in [2.24, 2.45) is 0 Å². The number of nitrogens with one attached hydrogen (secondary N) is 1. The van der Waals surface area contributed by atoms with Crippen LogP contribution in [0.25, 0.3) is 0 Å². The van der Waals surface area contributed by atoms with Crippen LogP contribution >= 0.6 is 23.1 Å². The maximum atomic E-state index is 4.58. The minimum Gasteiger partial charge on any atom is -0.262 e. The van der Waals surface area contributed by atoms with Crippen LogP contribution in [0.5, 0.6) is 0 Å². The fourth-order valence-electron chi connectivity index (χ4n) is 1.83. The molecule has 0 saturated heterocycles. The second-order valence-electron chi connectivity index (χ2n) is 5.89. The Hall–Kier alpha value is -1.73. The predicted octanol–water partition coefficient (Wildman–Crippen LogP) is 3.70.